The van der Waals surface area contributed by atoms with Gasteiger partial charge >= 0.3 is 0 Å². The molecule has 0 saturated carbocycles. The van der Waals surface area contributed by atoms with Crippen LogP contribution in [0.2, 0.25) is 10.0 Å². The summed E-state index contributed by atoms with van der Waals surface area (Å²) < 4.78 is 0. The lowest BCUT2D eigenvalue weighted by Gasteiger charge is -2.22. The van der Waals surface area contributed by atoms with E-state index in [0.717, 1.165) is 18.5 Å². The Bertz CT molecular complexity index is 623. The second kappa shape index (κ2) is 7.31. The first-order valence-electron chi connectivity index (χ1n) is 7.26. The van der Waals surface area contributed by atoms with Crippen molar-refractivity contribution in [2.24, 2.45) is 0 Å². The summed E-state index contributed by atoms with van der Waals surface area (Å²) in [5.41, 5.74) is 4.98. The van der Waals surface area contributed by atoms with E-state index in [-0.39, 0.29) is 6.04 Å². The molecule has 1 N–H and O–H groups in total. The molecule has 0 saturated heterocycles. The number of benzene rings is 2. The molecule has 0 bridgehead atoms. The fourth-order valence-electron chi connectivity index (χ4n) is 2.60. The molecule has 21 heavy (non-hydrogen) atoms. The van der Waals surface area contributed by atoms with Crippen LogP contribution in [0.3, 0.4) is 0 Å². The SMILES string of the molecule is CCNC(Cc1cccc(Cl)c1Cl)c1cc(C)ccc1C. The Morgan fingerprint density at radius 3 is 2.57 bits per heavy atom. The molecule has 1 atom stereocenters. The average molecular weight is 322 g/mol. The Morgan fingerprint density at radius 1 is 1.10 bits per heavy atom. The number of halogens is 2. The van der Waals surface area contributed by atoms with Gasteiger partial charge in [-0.05, 0) is 49.6 Å². The van der Waals surface area contributed by atoms with Crippen molar-refractivity contribution in [3.05, 3.63) is 68.7 Å². The zero-order valence-electron chi connectivity index (χ0n) is 12.7. The van der Waals surface area contributed by atoms with Gasteiger partial charge in [0.15, 0.2) is 0 Å². The first-order valence-corrected chi connectivity index (χ1v) is 8.02. The molecule has 0 fully saturated rings. The van der Waals surface area contributed by atoms with Crippen LogP contribution in [0.4, 0.5) is 0 Å². The lowest BCUT2D eigenvalue weighted by Crippen LogP contribution is -2.24. The normalized spacial score (nSPS) is 12.4. The van der Waals surface area contributed by atoms with Crippen molar-refractivity contribution in [3.8, 4) is 0 Å². The fourth-order valence-corrected chi connectivity index (χ4v) is 3.00. The summed E-state index contributed by atoms with van der Waals surface area (Å²) in [6.07, 6.45) is 0.831. The van der Waals surface area contributed by atoms with E-state index in [0.29, 0.717) is 10.0 Å². The van der Waals surface area contributed by atoms with E-state index in [9.17, 15) is 0 Å². The fraction of sp³-hybridized carbons (Fsp3) is 0.333. The minimum absolute atomic E-state index is 0.242. The molecular formula is C18H21Cl2N. The Kier molecular flexibility index (Phi) is 5.69. The molecule has 1 nitrogen and oxygen atoms in total. The van der Waals surface area contributed by atoms with Crippen LogP contribution in [-0.4, -0.2) is 6.54 Å². The van der Waals surface area contributed by atoms with Crippen LogP contribution in [0, 0.1) is 13.8 Å². The second-order valence-corrected chi connectivity index (χ2v) is 6.17. The van der Waals surface area contributed by atoms with Gasteiger partial charge in [-0.2, -0.15) is 0 Å². The van der Waals surface area contributed by atoms with E-state index in [1.54, 1.807) is 0 Å². The molecule has 0 aromatic heterocycles. The third-order valence-corrected chi connectivity index (χ3v) is 4.57. The summed E-state index contributed by atoms with van der Waals surface area (Å²) in [4.78, 5) is 0. The van der Waals surface area contributed by atoms with Crippen molar-refractivity contribution in [1.29, 1.82) is 0 Å². The van der Waals surface area contributed by atoms with Crippen LogP contribution in [0.5, 0.6) is 0 Å². The van der Waals surface area contributed by atoms with E-state index < -0.39 is 0 Å². The summed E-state index contributed by atoms with van der Waals surface area (Å²) in [6, 6.07) is 12.6. The van der Waals surface area contributed by atoms with Gasteiger partial charge in [0.2, 0.25) is 0 Å². The lowest BCUT2D eigenvalue weighted by atomic mass is 9.94. The molecule has 0 aliphatic heterocycles. The molecule has 2 rings (SSSR count). The van der Waals surface area contributed by atoms with Crippen molar-refractivity contribution in [3.63, 3.8) is 0 Å². The van der Waals surface area contributed by atoms with E-state index in [2.05, 4.69) is 44.3 Å². The van der Waals surface area contributed by atoms with Gasteiger partial charge in [0, 0.05) is 6.04 Å². The highest BCUT2D eigenvalue weighted by molar-refractivity contribution is 6.42. The topological polar surface area (TPSA) is 12.0 Å². The van der Waals surface area contributed by atoms with Gasteiger partial charge < -0.3 is 5.32 Å². The van der Waals surface area contributed by atoms with Crippen LogP contribution in [0.15, 0.2) is 36.4 Å². The molecule has 0 heterocycles. The molecule has 2 aromatic rings. The number of nitrogens with one attached hydrogen (secondary N) is 1. The monoisotopic (exact) mass is 321 g/mol. The first-order chi connectivity index (χ1) is 10.0. The number of aryl methyl sites for hydroxylation is 2. The van der Waals surface area contributed by atoms with E-state index in [1.165, 1.54) is 16.7 Å². The van der Waals surface area contributed by atoms with Gasteiger partial charge in [-0.1, -0.05) is 66.0 Å². The van der Waals surface area contributed by atoms with Crippen molar-refractivity contribution < 1.29 is 0 Å². The molecule has 112 valence electrons. The molecule has 0 aliphatic rings. The van der Waals surface area contributed by atoms with Crippen molar-refractivity contribution in [1.82, 2.24) is 5.32 Å². The van der Waals surface area contributed by atoms with E-state index in [1.807, 2.05) is 18.2 Å². The summed E-state index contributed by atoms with van der Waals surface area (Å²) in [5.74, 6) is 0. The predicted molar refractivity (Wildman–Crippen MR) is 92.5 cm³/mol. The van der Waals surface area contributed by atoms with Gasteiger partial charge in [-0.3, -0.25) is 0 Å². The number of rotatable bonds is 5. The first kappa shape index (κ1) is 16.4. The number of likely N-dealkylation sites (N-methyl/N-ethyl adjacent to an activating group) is 1. The standard InChI is InChI=1S/C18H21Cl2N/c1-4-21-17(15-10-12(2)8-9-13(15)3)11-14-6-5-7-16(19)18(14)20/h5-10,17,21H,4,11H2,1-3H3. The maximum atomic E-state index is 6.34. The van der Waals surface area contributed by atoms with Gasteiger partial charge in [0.25, 0.3) is 0 Å². The molecule has 0 aliphatic carbocycles. The smallest absolute Gasteiger partial charge is 0.0624 e. The highest BCUT2D eigenvalue weighted by Gasteiger charge is 2.16. The third kappa shape index (κ3) is 4.00. The minimum Gasteiger partial charge on any atom is -0.310 e. The molecule has 0 amide bonds. The van der Waals surface area contributed by atoms with Gasteiger partial charge in [0.05, 0.1) is 10.0 Å². The highest BCUT2D eigenvalue weighted by Crippen LogP contribution is 2.30. The largest absolute Gasteiger partial charge is 0.310 e. The average Bonchev–Trinajstić information content (AvgIpc) is 2.46. The van der Waals surface area contributed by atoms with Gasteiger partial charge in [-0.15, -0.1) is 0 Å². The van der Waals surface area contributed by atoms with Crippen molar-refractivity contribution in [2.45, 2.75) is 33.2 Å². The molecule has 3 heteroatoms. The maximum Gasteiger partial charge on any atom is 0.0624 e. The summed E-state index contributed by atoms with van der Waals surface area (Å²) >= 11 is 12.5. The maximum absolute atomic E-state index is 6.34. The number of hydrogen-bond donors (Lipinski definition) is 1. The van der Waals surface area contributed by atoms with Gasteiger partial charge in [0.1, 0.15) is 0 Å². The van der Waals surface area contributed by atoms with Crippen LogP contribution >= 0.6 is 23.2 Å². The molecular weight excluding hydrogens is 301 g/mol. The minimum atomic E-state index is 0.242. The van der Waals surface area contributed by atoms with E-state index in [4.69, 9.17) is 23.2 Å². The summed E-state index contributed by atoms with van der Waals surface area (Å²) in [5, 5.41) is 4.84. The number of hydrogen-bond acceptors (Lipinski definition) is 1. The highest BCUT2D eigenvalue weighted by atomic mass is 35.5. The van der Waals surface area contributed by atoms with Crippen molar-refractivity contribution >= 4 is 23.2 Å². The summed E-state index contributed by atoms with van der Waals surface area (Å²) in [6.45, 7) is 7.31. The zero-order chi connectivity index (χ0) is 15.4. The Hall–Kier alpha value is -1.02. The molecule has 2 aromatic carbocycles. The van der Waals surface area contributed by atoms with Crippen LogP contribution in [0.1, 0.15) is 35.2 Å². The lowest BCUT2D eigenvalue weighted by molar-refractivity contribution is 0.547. The van der Waals surface area contributed by atoms with Gasteiger partial charge in [-0.25, -0.2) is 0 Å². The predicted octanol–water partition coefficient (Wildman–Crippen LogP) is 5.50. The quantitative estimate of drug-likeness (QED) is 0.766. The Labute approximate surface area is 137 Å². The summed E-state index contributed by atoms with van der Waals surface area (Å²) in [7, 11) is 0. The van der Waals surface area contributed by atoms with Crippen LogP contribution in [0.25, 0.3) is 0 Å². The second-order valence-electron chi connectivity index (χ2n) is 5.39. The Balaban J connectivity index is 2.35. The van der Waals surface area contributed by atoms with E-state index >= 15 is 0 Å². The molecule has 1 unspecified atom stereocenters. The van der Waals surface area contributed by atoms with Crippen molar-refractivity contribution in [2.75, 3.05) is 6.54 Å². The Morgan fingerprint density at radius 2 is 1.86 bits per heavy atom. The molecule has 0 spiro atoms. The third-order valence-electron chi connectivity index (χ3n) is 3.72. The van der Waals surface area contributed by atoms with Crippen LogP contribution < -0.4 is 5.32 Å². The van der Waals surface area contributed by atoms with Crippen LogP contribution in [-0.2, 0) is 6.42 Å². The molecule has 0 radical (unpaired) electrons. The zero-order valence-corrected chi connectivity index (χ0v) is 14.2.